The third-order valence-corrected chi connectivity index (χ3v) is 3.83. The molecule has 0 aliphatic heterocycles. The van der Waals surface area contributed by atoms with Gasteiger partial charge in [-0.2, -0.15) is 21.0 Å². The second kappa shape index (κ2) is 4.27. The van der Waals surface area contributed by atoms with E-state index in [0.717, 1.165) is 5.69 Å². The van der Waals surface area contributed by atoms with Crippen LogP contribution in [-0.2, 0) is 0 Å². The summed E-state index contributed by atoms with van der Waals surface area (Å²) in [5.41, 5.74) is -1.60. The van der Waals surface area contributed by atoms with E-state index in [0.29, 0.717) is 5.56 Å². The predicted octanol–water partition coefficient (Wildman–Crippen LogP) is 1.92. The first-order valence-electron chi connectivity index (χ1n) is 5.95. The molecule has 5 heteroatoms. The molecule has 1 aliphatic carbocycles. The molecule has 0 heterocycles. The number of rotatable bonds is 2. The standard InChI is InChI=1S/C15H11N5/c1-20(2)12-5-3-4-11(6-12)13-14(7-16,8-17)15(13,9-18)10-19/h3-6,13H,1-2H3. The molecule has 0 bridgehead atoms. The molecule has 1 aromatic rings. The van der Waals surface area contributed by atoms with E-state index in [9.17, 15) is 21.0 Å². The lowest BCUT2D eigenvalue weighted by Crippen LogP contribution is -2.08. The Bertz CT molecular complexity index is 654. The van der Waals surface area contributed by atoms with Crippen molar-refractivity contribution >= 4 is 5.69 Å². The molecule has 0 unspecified atom stereocenters. The van der Waals surface area contributed by atoms with Crippen LogP contribution in [0.5, 0.6) is 0 Å². The molecule has 0 saturated heterocycles. The van der Waals surface area contributed by atoms with Gasteiger partial charge in [-0.1, -0.05) is 12.1 Å². The van der Waals surface area contributed by atoms with Crippen molar-refractivity contribution in [1.82, 2.24) is 0 Å². The smallest absolute Gasteiger partial charge is 0.185 e. The summed E-state index contributed by atoms with van der Waals surface area (Å²) in [6.07, 6.45) is 0. The monoisotopic (exact) mass is 261 g/mol. The second-order valence-corrected chi connectivity index (χ2v) is 4.99. The second-order valence-electron chi connectivity index (χ2n) is 4.99. The van der Waals surface area contributed by atoms with Gasteiger partial charge in [-0.15, -0.1) is 0 Å². The predicted molar refractivity (Wildman–Crippen MR) is 70.8 cm³/mol. The fourth-order valence-electron chi connectivity index (χ4n) is 2.62. The minimum atomic E-state index is -1.58. The van der Waals surface area contributed by atoms with Gasteiger partial charge in [0.2, 0.25) is 0 Å². The summed E-state index contributed by atoms with van der Waals surface area (Å²) < 4.78 is 0. The molecule has 0 radical (unpaired) electrons. The fourth-order valence-corrected chi connectivity index (χ4v) is 2.62. The molecule has 0 atom stereocenters. The highest BCUT2D eigenvalue weighted by molar-refractivity contribution is 5.61. The van der Waals surface area contributed by atoms with E-state index in [1.165, 1.54) is 0 Å². The van der Waals surface area contributed by atoms with Gasteiger partial charge in [0.25, 0.3) is 0 Å². The van der Waals surface area contributed by atoms with Gasteiger partial charge in [0, 0.05) is 19.8 Å². The zero-order valence-electron chi connectivity index (χ0n) is 11.1. The molecule has 0 N–H and O–H groups in total. The first-order valence-corrected chi connectivity index (χ1v) is 5.95. The van der Waals surface area contributed by atoms with Gasteiger partial charge in [-0.25, -0.2) is 0 Å². The number of hydrogen-bond acceptors (Lipinski definition) is 5. The van der Waals surface area contributed by atoms with E-state index in [2.05, 4.69) is 0 Å². The van der Waals surface area contributed by atoms with Crippen LogP contribution in [0.1, 0.15) is 11.5 Å². The van der Waals surface area contributed by atoms with E-state index in [1.807, 2.05) is 55.4 Å². The van der Waals surface area contributed by atoms with Crippen molar-refractivity contribution in [2.24, 2.45) is 10.8 Å². The van der Waals surface area contributed by atoms with Gasteiger partial charge in [0.05, 0.1) is 30.2 Å². The molecule has 5 nitrogen and oxygen atoms in total. The molecule has 1 aromatic carbocycles. The molecule has 0 aromatic heterocycles. The fraction of sp³-hybridized carbons (Fsp3) is 0.333. The van der Waals surface area contributed by atoms with Crippen LogP contribution in [0, 0.1) is 56.2 Å². The van der Waals surface area contributed by atoms with Gasteiger partial charge in [-0.05, 0) is 17.7 Å². The third-order valence-electron chi connectivity index (χ3n) is 3.83. The molecule has 1 fully saturated rings. The summed E-state index contributed by atoms with van der Waals surface area (Å²) in [5, 5.41) is 37.1. The van der Waals surface area contributed by atoms with Crippen molar-refractivity contribution in [2.45, 2.75) is 5.92 Å². The van der Waals surface area contributed by atoms with Gasteiger partial charge in [0.15, 0.2) is 10.8 Å². The normalized spacial score (nSPS) is 17.9. The van der Waals surface area contributed by atoms with Crippen LogP contribution >= 0.6 is 0 Å². The van der Waals surface area contributed by atoms with Gasteiger partial charge >= 0.3 is 0 Å². The van der Waals surface area contributed by atoms with Gasteiger partial charge in [0.1, 0.15) is 0 Å². The number of anilines is 1. The molecular weight excluding hydrogens is 250 g/mol. The van der Waals surface area contributed by atoms with Crippen LogP contribution in [0.25, 0.3) is 0 Å². The first kappa shape index (κ1) is 13.4. The maximum Gasteiger partial charge on any atom is 0.185 e. The van der Waals surface area contributed by atoms with Crippen molar-refractivity contribution < 1.29 is 0 Å². The van der Waals surface area contributed by atoms with Crippen LogP contribution in [0.4, 0.5) is 5.69 Å². The minimum Gasteiger partial charge on any atom is -0.378 e. The van der Waals surface area contributed by atoms with E-state index in [4.69, 9.17) is 0 Å². The van der Waals surface area contributed by atoms with Crippen molar-refractivity contribution in [3.05, 3.63) is 29.8 Å². The molecule has 20 heavy (non-hydrogen) atoms. The van der Waals surface area contributed by atoms with Crippen molar-refractivity contribution in [3.8, 4) is 24.3 Å². The van der Waals surface area contributed by atoms with Crippen LogP contribution in [0.3, 0.4) is 0 Å². The number of nitriles is 4. The molecule has 0 amide bonds. The summed E-state index contributed by atoms with van der Waals surface area (Å²) in [4.78, 5) is 1.88. The third kappa shape index (κ3) is 1.38. The van der Waals surface area contributed by atoms with Crippen molar-refractivity contribution in [2.75, 3.05) is 19.0 Å². The number of benzene rings is 1. The largest absolute Gasteiger partial charge is 0.378 e. The lowest BCUT2D eigenvalue weighted by Gasteiger charge is -2.13. The average Bonchev–Trinajstić information content (AvgIpc) is 3.10. The summed E-state index contributed by atoms with van der Waals surface area (Å²) in [7, 11) is 3.74. The van der Waals surface area contributed by atoms with E-state index < -0.39 is 16.7 Å². The van der Waals surface area contributed by atoms with Crippen LogP contribution in [0.2, 0.25) is 0 Å². The Morgan fingerprint density at radius 2 is 1.45 bits per heavy atom. The number of nitrogens with zero attached hydrogens (tertiary/aromatic N) is 5. The van der Waals surface area contributed by atoms with Gasteiger partial charge < -0.3 is 4.90 Å². The zero-order valence-corrected chi connectivity index (χ0v) is 11.1. The quantitative estimate of drug-likeness (QED) is 0.809. The molecular formula is C15H11N5. The summed E-state index contributed by atoms with van der Waals surface area (Å²) in [6, 6.07) is 14.7. The lowest BCUT2D eigenvalue weighted by molar-refractivity contribution is 0.727. The summed E-state index contributed by atoms with van der Waals surface area (Å²) in [5.74, 6) is -0.695. The van der Waals surface area contributed by atoms with Crippen molar-refractivity contribution in [3.63, 3.8) is 0 Å². The maximum atomic E-state index is 9.28. The highest BCUT2D eigenvalue weighted by Gasteiger charge is 2.82. The lowest BCUT2D eigenvalue weighted by atomic mass is 9.98. The van der Waals surface area contributed by atoms with Gasteiger partial charge in [-0.3, -0.25) is 0 Å². The highest BCUT2D eigenvalue weighted by atomic mass is 15.1. The topological polar surface area (TPSA) is 98.4 Å². The molecule has 96 valence electrons. The van der Waals surface area contributed by atoms with Crippen molar-refractivity contribution in [1.29, 1.82) is 21.0 Å². The molecule has 2 rings (SSSR count). The summed E-state index contributed by atoms with van der Waals surface area (Å²) in [6.45, 7) is 0. The molecule has 1 saturated carbocycles. The SMILES string of the molecule is CN(C)c1cccc(C2C(C#N)(C#N)C2(C#N)C#N)c1. The highest BCUT2D eigenvalue weighted by Crippen LogP contribution is 2.73. The van der Waals surface area contributed by atoms with E-state index in [1.54, 1.807) is 12.1 Å². The maximum absolute atomic E-state index is 9.28. The van der Waals surface area contributed by atoms with E-state index >= 15 is 0 Å². The minimum absolute atomic E-state index is 0.669. The molecule has 0 spiro atoms. The Morgan fingerprint density at radius 3 is 1.85 bits per heavy atom. The van der Waals surface area contributed by atoms with Crippen LogP contribution in [0.15, 0.2) is 24.3 Å². The Hall–Kier alpha value is -3.02. The Balaban J connectivity index is 2.59. The molecule has 1 aliphatic rings. The van der Waals surface area contributed by atoms with Crippen LogP contribution < -0.4 is 4.90 Å². The average molecular weight is 261 g/mol. The van der Waals surface area contributed by atoms with E-state index in [-0.39, 0.29) is 0 Å². The summed E-state index contributed by atoms with van der Waals surface area (Å²) >= 11 is 0. The number of hydrogen-bond donors (Lipinski definition) is 0. The Kier molecular flexibility index (Phi) is 2.86. The zero-order chi connectivity index (χ0) is 15.0. The van der Waals surface area contributed by atoms with Crippen LogP contribution in [-0.4, -0.2) is 14.1 Å². The first-order chi connectivity index (χ1) is 9.52. The Labute approximate surface area is 117 Å². The Morgan fingerprint density at radius 1 is 0.950 bits per heavy atom.